The highest BCUT2D eigenvalue weighted by molar-refractivity contribution is 5.78. The van der Waals surface area contributed by atoms with E-state index < -0.39 is 0 Å². The molecule has 8 heteroatoms. The number of aryl methyl sites for hydroxylation is 1. The molecule has 3 aromatic rings. The van der Waals surface area contributed by atoms with Gasteiger partial charge in [0.2, 0.25) is 0 Å². The van der Waals surface area contributed by atoms with Crippen LogP contribution in [0.5, 0.6) is 0 Å². The van der Waals surface area contributed by atoms with E-state index in [1.807, 2.05) is 37.3 Å². The molecule has 1 amide bonds. The standard InChI is InChI=1S/C19H21N5O3/c1-12-16(17(23-27-12)13-7-3-2-4-8-13)19-22-21-15(26-19)11-24-10-6-5-9-14(24)18(20)25/h2-4,7-8,14H,5-6,9-11H2,1H3,(H2,20,25)/p+1/t14-/m1/s1. The summed E-state index contributed by atoms with van der Waals surface area (Å²) in [5, 5.41) is 12.5. The zero-order valence-corrected chi connectivity index (χ0v) is 15.1. The molecule has 3 N–H and O–H groups in total. The van der Waals surface area contributed by atoms with Gasteiger partial charge in [-0.1, -0.05) is 35.5 Å². The maximum Gasteiger partial charge on any atom is 0.275 e. The van der Waals surface area contributed by atoms with Crippen LogP contribution in [0.15, 0.2) is 39.3 Å². The Labute approximate surface area is 156 Å². The summed E-state index contributed by atoms with van der Waals surface area (Å²) in [6, 6.07) is 9.52. The molecule has 140 valence electrons. The SMILES string of the molecule is Cc1onc(-c2ccccc2)c1-c1nnc(C[NH+]2CCCC[C@@H]2C(N)=O)o1. The van der Waals surface area contributed by atoms with Crippen LogP contribution in [-0.2, 0) is 11.3 Å². The second-order valence-corrected chi connectivity index (χ2v) is 6.87. The number of primary amides is 1. The maximum atomic E-state index is 11.7. The molecule has 0 radical (unpaired) electrons. The van der Waals surface area contributed by atoms with Crippen LogP contribution in [0.4, 0.5) is 0 Å². The second-order valence-electron chi connectivity index (χ2n) is 6.87. The lowest BCUT2D eigenvalue weighted by molar-refractivity contribution is -0.935. The maximum absolute atomic E-state index is 11.7. The number of nitrogens with zero attached hydrogens (tertiary/aromatic N) is 3. The van der Waals surface area contributed by atoms with E-state index in [1.165, 1.54) is 0 Å². The van der Waals surface area contributed by atoms with Crippen molar-refractivity contribution in [1.82, 2.24) is 15.4 Å². The molecule has 0 aliphatic carbocycles. The van der Waals surface area contributed by atoms with E-state index in [4.69, 9.17) is 14.7 Å². The molecule has 1 aliphatic heterocycles. The predicted octanol–water partition coefficient (Wildman–Crippen LogP) is 1.12. The number of benzene rings is 1. The van der Waals surface area contributed by atoms with Crippen LogP contribution in [0.1, 0.15) is 30.9 Å². The molecule has 0 spiro atoms. The smallest absolute Gasteiger partial charge is 0.275 e. The molecule has 0 saturated carbocycles. The first-order chi connectivity index (χ1) is 13.1. The van der Waals surface area contributed by atoms with E-state index in [0.717, 1.165) is 36.3 Å². The highest BCUT2D eigenvalue weighted by atomic mass is 16.5. The van der Waals surface area contributed by atoms with Gasteiger partial charge in [-0.05, 0) is 19.8 Å². The van der Waals surface area contributed by atoms with Crippen molar-refractivity contribution in [3.8, 4) is 22.7 Å². The molecule has 1 fully saturated rings. The van der Waals surface area contributed by atoms with Gasteiger partial charge in [-0.25, -0.2) is 0 Å². The Kier molecular flexibility index (Phi) is 4.72. The van der Waals surface area contributed by atoms with Gasteiger partial charge in [0.25, 0.3) is 17.7 Å². The fourth-order valence-corrected chi connectivity index (χ4v) is 3.67. The van der Waals surface area contributed by atoms with Crippen LogP contribution in [0.2, 0.25) is 0 Å². The highest BCUT2D eigenvalue weighted by Gasteiger charge is 2.32. The van der Waals surface area contributed by atoms with Crippen molar-refractivity contribution >= 4 is 5.91 Å². The number of nitrogens with one attached hydrogen (secondary N) is 1. The van der Waals surface area contributed by atoms with Crippen LogP contribution in [0.25, 0.3) is 22.7 Å². The molecule has 2 aromatic heterocycles. The van der Waals surface area contributed by atoms with Crippen molar-refractivity contribution < 1.29 is 18.6 Å². The lowest BCUT2D eigenvalue weighted by Gasteiger charge is -2.29. The number of amides is 1. The summed E-state index contributed by atoms with van der Waals surface area (Å²) in [5.74, 6) is 1.19. The Balaban J connectivity index is 1.60. The number of carbonyl (C=O) groups is 1. The number of nitrogens with two attached hydrogens (primary N) is 1. The molecule has 1 aromatic carbocycles. The number of hydrogen-bond acceptors (Lipinski definition) is 6. The van der Waals surface area contributed by atoms with Crippen LogP contribution < -0.4 is 10.6 Å². The number of rotatable bonds is 5. The van der Waals surface area contributed by atoms with Gasteiger partial charge in [-0.15, -0.1) is 10.2 Å². The molecule has 4 rings (SSSR count). The minimum absolute atomic E-state index is 0.202. The van der Waals surface area contributed by atoms with Crippen molar-refractivity contribution in [1.29, 1.82) is 0 Å². The van der Waals surface area contributed by atoms with Gasteiger partial charge in [0.05, 0.1) is 6.54 Å². The Morgan fingerprint density at radius 2 is 2.07 bits per heavy atom. The first-order valence-electron chi connectivity index (χ1n) is 9.12. The van der Waals surface area contributed by atoms with Crippen molar-refractivity contribution in [2.24, 2.45) is 5.73 Å². The Morgan fingerprint density at radius 3 is 2.85 bits per heavy atom. The number of carbonyl (C=O) groups excluding carboxylic acids is 1. The van der Waals surface area contributed by atoms with Gasteiger partial charge in [-0.3, -0.25) is 4.79 Å². The summed E-state index contributed by atoms with van der Waals surface area (Å²) in [4.78, 5) is 12.8. The normalized spacial score (nSPS) is 19.9. The van der Waals surface area contributed by atoms with Gasteiger partial charge in [0.1, 0.15) is 17.0 Å². The molecule has 2 atom stereocenters. The average molecular weight is 368 g/mol. The monoisotopic (exact) mass is 368 g/mol. The zero-order valence-electron chi connectivity index (χ0n) is 15.1. The first-order valence-corrected chi connectivity index (χ1v) is 9.12. The summed E-state index contributed by atoms with van der Waals surface area (Å²) in [6.07, 6.45) is 2.88. The molecule has 0 bridgehead atoms. The molecule has 1 saturated heterocycles. The molecule has 1 unspecified atom stereocenters. The van der Waals surface area contributed by atoms with E-state index >= 15 is 0 Å². The lowest BCUT2D eigenvalue weighted by atomic mass is 10.0. The summed E-state index contributed by atoms with van der Waals surface area (Å²) >= 11 is 0. The van der Waals surface area contributed by atoms with E-state index in [1.54, 1.807) is 0 Å². The average Bonchev–Trinajstić information content (AvgIpc) is 3.29. The number of hydrogen-bond donors (Lipinski definition) is 2. The summed E-state index contributed by atoms with van der Waals surface area (Å²) in [6.45, 7) is 3.16. The van der Waals surface area contributed by atoms with Crippen LogP contribution in [0.3, 0.4) is 0 Å². The first kappa shape index (κ1) is 17.4. The third-order valence-electron chi connectivity index (χ3n) is 5.05. The van der Waals surface area contributed by atoms with Gasteiger partial charge < -0.3 is 19.6 Å². The minimum atomic E-state index is -0.273. The largest absolute Gasteiger partial charge is 0.415 e. The van der Waals surface area contributed by atoms with Crippen molar-refractivity contribution in [2.45, 2.75) is 38.8 Å². The third kappa shape index (κ3) is 3.48. The van der Waals surface area contributed by atoms with E-state index in [-0.39, 0.29) is 11.9 Å². The number of aromatic nitrogens is 3. The number of piperidine rings is 1. The second kappa shape index (κ2) is 7.32. The van der Waals surface area contributed by atoms with E-state index in [0.29, 0.717) is 35.3 Å². The fourth-order valence-electron chi connectivity index (χ4n) is 3.67. The highest BCUT2D eigenvalue weighted by Crippen LogP contribution is 2.33. The minimum Gasteiger partial charge on any atom is -0.415 e. The van der Waals surface area contributed by atoms with Gasteiger partial charge >= 0.3 is 0 Å². The topological polar surface area (TPSA) is 112 Å². The lowest BCUT2D eigenvalue weighted by Crippen LogP contribution is -3.16. The third-order valence-corrected chi connectivity index (χ3v) is 5.05. The molecule has 8 nitrogen and oxygen atoms in total. The van der Waals surface area contributed by atoms with Crippen LogP contribution in [-0.4, -0.2) is 33.8 Å². The summed E-state index contributed by atoms with van der Waals surface area (Å²) < 4.78 is 11.3. The number of likely N-dealkylation sites (tertiary alicyclic amines) is 1. The predicted molar refractivity (Wildman–Crippen MR) is 96.3 cm³/mol. The fraction of sp³-hybridized carbons (Fsp3) is 0.368. The summed E-state index contributed by atoms with van der Waals surface area (Å²) in [5.41, 5.74) is 7.83. The number of quaternary nitrogens is 1. The van der Waals surface area contributed by atoms with E-state index in [2.05, 4.69) is 15.4 Å². The Morgan fingerprint density at radius 1 is 1.26 bits per heavy atom. The van der Waals surface area contributed by atoms with Crippen LogP contribution >= 0.6 is 0 Å². The van der Waals surface area contributed by atoms with Crippen molar-refractivity contribution in [3.63, 3.8) is 0 Å². The van der Waals surface area contributed by atoms with Gasteiger partial charge in [0.15, 0.2) is 12.6 Å². The summed E-state index contributed by atoms with van der Waals surface area (Å²) in [7, 11) is 0. The Bertz CT molecular complexity index is 934. The van der Waals surface area contributed by atoms with Crippen LogP contribution in [0, 0.1) is 6.92 Å². The van der Waals surface area contributed by atoms with Gasteiger partial charge in [0, 0.05) is 12.0 Å². The molecular weight excluding hydrogens is 346 g/mol. The molecule has 3 heterocycles. The molecular formula is C19H22N5O3+. The van der Waals surface area contributed by atoms with E-state index in [9.17, 15) is 4.79 Å². The zero-order chi connectivity index (χ0) is 18.8. The quantitative estimate of drug-likeness (QED) is 0.698. The van der Waals surface area contributed by atoms with Gasteiger partial charge in [-0.2, -0.15) is 0 Å². The molecule has 1 aliphatic rings. The Hall–Kier alpha value is -3.00. The van der Waals surface area contributed by atoms with Crippen molar-refractivity contribution in [2.75, 3.05) is 6.54 Å². The molecule has 27 heavy (non-hydrogen) atoms. The van der Waals surface area contributed by atoms with Crippen molar-refractivity contribution in [3.05, 3.63) is 42.0 Å².